The number of para-hydroxylation sites is 1. The SMILES string of the molecule is CCOc1ccc(/C=N/NC(=O)C(C)Sc2nnc(CNc3ccc(C)cc3)n2-c2ccccc2)cc1. The van der Waals surface area contributed by atoms with Crippen LogP contribution in [0.1, 0.15) is 30.8 Å². The topological polar surface area (TPSA) is 93.4 Å². The summed E-state index contributed by atoms with van der Waals surface area (Å²) in [6, 6.07) is 25.6. The van der Waals surface area contributed by atoms with Crippen molar-refractivity contribution in [2.45, 2.75) is 37.7 Å². The van der Waals surface area contributed by atoms with Crippen molar-refractivity contribution in [2.24, 2.45) is 5.10 Å². The fraction of sp³-hybridized carbons (Fsp3) is 0.214. The first-order chi connectivity index (χ1) is 18.0. The Morgan fingerprint density at radius 2 is 1.78 bits per heavy atom. The van der Waals surface area contributed by atoms with Crippen molar-refractivity contribution in [3.05, 3.63) is 95.8 Å². The molecule has 0 spiro atoms. The van der Waals surface area contributed by atoms with E-state index in [9.17, 15) is 4.79 Å². The second kappa shape index (κ2) is 12.7. The van der Waals surface area contributed by atoms with Gasteiger partial charge in [-0.1, -0.05) is 47.7 Å². The average molecular weight is 515 g/mol. The van der Waals surface area contributed by atoms with Crippen LogP contribution in [0.3, 0.4) is 0 Å². The van der Waals surface area contributed by atoms with E-state index < -0.39 is 5.25 Å². The Balaban J connectivity index is 1.43. The number of nitrogens with zero attached hydrogens (tertiary/aromatic N) is 4. The lowest BCUT2D eigenvalue weighted by atomic mass is 10.2. The molecule has 1 aromatic heterocycles. The summed E-state index contributed by atoms with van der Waals surface area (Å²) >= 11 is 1.33. The van der Waals surface area contributed by atoms with E-state index in [1.807, 2.05) is 85.1 Å². The van der Waals surface area contributed by atoms with E-state index in [-0.39, 0.29) is 5.91 Å². The third-order valence-corrected chi connectivity index (χ3v) is 6.49. The lowest BCUT2D eigenvalue weighted by Gasteiger charge is -2.13. The van der Waals surface area contributed by atoms with Gasteiger partial charge in [-0.2, -0.15) is 5.10 Å². The van der Waals surface area contributed by atoms with Crippen LogP contribution in [0.4, 0.5) is 5.69 Å². The molecular weight excluding hydrogens is 484 g/mol. The van der Waals surface area contributed by atoms with Gasteiger partial charge in [0.05, 0.1) is 24.6 Å². The first-order valence-electron chi connectivity index (χ1n) is 12.1. The first-order valence-corrected chi connectivity index (χ1v) is 12.9. The standard InChI is InChI=1S/C28H30N6O2S/c1-4-36-25-16-12-22(13-17-25)18-30-32-27(35)21(3)37-28-33-31-26(34(28)24-8-6-5-7-9-24)19-29-23-14-10-20(2)11-15-23/h5-18,21,29H,4,19H2,1-3H3,(H,32,35)/b30-18+. The third kappa shape index (κ3) is 7.20. The molecule has 3 aromatic carbocycles. The molecule has 4 aromatic rings. The molecule has 8 nitrogen and oxygen atoms in total. The number of hydrazone groups is 1. The maximum absolute atomic E-state index is 12.7. The van der Waals surface area contributed by atoms with E-state index in [0.29, 0.717) is 18.3 Å². The van der Waals surface area contributed by atoms with Gasteiger partial charge >= 0.3 is 0 Å². The predicted molar refractivity (Wildman–Crippen MR) is 149 cm³/mol. The summed E-state index contributed by atoms with van der Waals surface area (Å²) in [7, 11) is 0. The molecule has 37 heavy (non-hydrogen) atoms. The van der Waals surface area contributed by atoms with E-state index in [1.165, 1.54) is 17.3 Å². The molecule has 0 aliphatic carbocycles. The van der Waals surface area contributed by atoms with Crippen molar-refractivity contribution in [3.8, 4) is 11.4 Å². The number of amides is 1. The van der Waals surface area contributed by atoms with Crippen LogP contribution in [-0.2, 0) is 11.3 Å². The molecule has 9 heteroatoms. The van der Waals surface area contributed by atoms with Crippen molar-refractivity contribution in [3.63, 3.8) is 0 Å². The number of ether oxygens (including phenoxy) is 1. The molecular formula is C28H30N6O2S. The zero-order chi connectivity index (χ0) is 26.0. The summed E-state index contributed by atoms with van der Waals surface area (Å²) < 4.78 is 7.41. The molecule has 0 saturated carbocycles. The number of hydrogen-bond donors (Lipinski definition) is 2. The minimum Gasteiger partial charge on any atom is -0.494 e. The van der Waals surface area contributed by atoms with E-state index in [1.54, 1.807) is 6.21 Å². The summed E-state index contributed by atoms with van der Waals surface area (Å²) in [4.78, 5) is 12.7. The van der Waals surface area contributed by atoms with Crippen molar-refractivity contribution >= 4 is 29.6 Å². The van der Waals surface area contributed by atoms with E-state index >= 15 is 0 Å². The minimum atomic E-state index is -0.443. The number of anilines is 1. The second-order valence-corrected chi connectivity index (χ2v) is 9.59. The smallest absolute Gasteiger partial charge is 0.253 e. The summed E-state index contributed by atoms with van der Waals surface area (Å²) in [6.45, 7) is 6.92. The Bertz CT molecular complexity index is 1320. The third-order valence-electron chi connectivity index (χ3n) is 5.45. The molecule has 4 rings (SSSR count). The van der Waals surface area contributed by atoms with Crippen LogP contribution in [0.5, 0.6) is 5.75 Å². The number of nitrogens with one attached hydrogen (secondary N) is 2. The van der Waals surface area contributed by atoms with Gasteiger partial charge in [-0.3, -0.25) is 9.36 Å². The van der Waals surface area contributed by atoms with E-state index in [4.69, 9.17) is 4.74 Å². The summed E-state index contributed by atoms with van der Waals surface area (Å²) in [6.07, 6.45) is 1.60. The molecule has 1 unspecified atom stereocenters. The highest BCUT2D eigenvalue weighted by atomic mass is 32.2. The van der Waals surface area contributed by atoms with Crippen molar-refractivity contribution in [1.82, 2.24) is 20.2 Å². The minimum absolute atomic E-state index is 0.228. The molecule has 0 fully saturated rings. The number of rotatable bonds is 11. The Morgan fingerprint density at radius 1 is 1.05 bits per heavy atom. The monoisotopic (exact) mass is 514 g/mol. The van der Waals surface area contributed by atoms with Gasteiger partial charge in [0.2, 0.25) is 0 Å². The zero-order valence-electron chi connectivity index (χ0n) is 21.1. The Hall–Kier alpha value is -4.11. The van der Waals surface area contributed by atoms with E-state index in [2.05, 4.69) is 45.1 Å². The second-order valence-electron chi connectivity index (χ2n) is 8.29. The molecule has 1 atom stereocenters. The number of carbonyl (C=O) groups excluding carboxylic acids is 1. The fourth-order valence-electron chi connectivity index (χ4n) is 3.47. The van der Waals surface area contributed by atoms with Crippen molar-refractivity contribution < 1.29 is 9.53 Å². The highest BCUT2D eigenvalue weighted by Crippen LogP contribution is 2.26. The van der Waals surface area contributed by atoms with Crippen LogP contribution in [0, 0.1) is 6.92 Å². The number of benzene rings is 3. The normalized spacial score (nSPS) is 11.9. The highest BCUT2D eigenvalue weighted by Gasteiger charge is 2.21. The van der Waals surface area contributed by atoms with Gasteiger partial charge in [-0.15, -0.1) is 10.2 Å². The number of hydrogen-bond acceptors (Lipinski definition) is 7. The van der Waals surface area contributed by atoms with Gasteiger partial charge < -0.3 is 10.1 Å². The Morgan fingerprint density at radius 3 is 2.49 bits per heavy atom. The zero-order valence-corrected chi connectivity index (χ0v) is 21.9. The molecule has 0 aliphatic heterocycles. The number of carbonyl (C=O) groups is 1. The molecule has 1 amide bonds. The molecule has 1 heterocycles. The first kappa shape index (κ1) is 26.0. The molecule has 190 valence electrons. The van der Waals surface area contributed by atoms with Gasteiger partial charge in [0.15, 0.2) is 11.0 Å². The molecule has 0 saturated heterocycles. The molecule has 0 radical (unpaired) electrons. The van der Waals surface area contributed by atoms with Gasteiger partial charge in [0.1, 0.15) is 5.75 Å². The van der Waals surface area contributed by atoms with Crippen LogP contribution >= 0.6 is 11.8 Å². The Labute approximate surface area is 221 Å². The lowest BCUT2D eigenvalue weighted by Crippen LogP contribution is -2.27. The fourth-order valence-corrected chi connectivity index (χ4v) is 4.35. The van der Waals surface area contributed by atoms with Crippen LogP contribution < -0.4 is 15.5 Å². The average Bonchev–Trinajstić information content (AvgIpc) is 3.32. The number of thioether (sulfide) groups is 1. The quantitative estimate of drug-likeness (QED) is 0.162. The predicted octanol–water partition coefficient (Wildman–Crippen LogP) is 5.22. The number of aromatic nitrogens is 3. The van der Waals surface area contributed by atoms with Gasteiger partial charge in [0, 0.05) is 11.4 Å². The van der Waals surface area contributed by atoms with Gasteiger partial charge in [-0.05, 0) is 74.9 Å². The van der Waals surface area contributed by atoms with Crippen LogP contribution in [0.15, 0.2) is 89.1 Å². The van der Waals surface area contributed by atoms with Crippen LogP contribution in [0.2, 0.25) is 0 Å². The molecule has 2 N–H and O–H groups in total. The van der Waals surface area contributed by atoms with Crippen LogP contribution in [-0.4, -0.2) is 38.7 Å². The van der Waals surface area contributed by atoms with E-state index in [0.717, 1.165) is 28.5 Å². The summed E-state index contributed by atoms with van der Waals surface area (Å²) in [5, 5.41) is 16.5. The largest absolute Gasteiger partial charge is 0.494 e. The maximum Gasteiger partial charge on any atom is 0.253 e. The maximum atomic E-state index is 12.7. The Kier molecular flexibility index (Phi) is 8.93. The van der Waals surface area contributed by atoms with Gasteiger partial charge in [0.25, 0.3) is 5.91 Å². The van der Waals surface area contributed by atoms with Crippen molar-refractivity contribution in [2.75, 3.05) is 11.9 Å². The van der Waals surface area contributed by atoms with Crippen molar-refractivity contribution in [1.29, 1.82) is 0 Å². The summed E-state index contributed by atoms with van der Waals surface area (Å²) in [5.41, 5.74) is 6.61. The highest BCUT2D eigenvalue weighted by molar-refractivity contribution is 8.00. The molecule has 0 bridgehead atoms. The number of aryl methyl sites for hydroxylation is 1. The summed E-state index contributed by atoms with van der Waals surface area (Å²) in [5.74, 6) is 1.31. The lowest BCUT2D eigenvalue weighted by molar-refractivity contribution is -0.120. The van der Waals surface area contributed by atoms with Crippen LogP contribution in [0.25, 0.3) is 5.69 Å². The molecule has 0 aliphatic rings. The van der Waals surface area contributed by atoms with Gasteiger partial charge in [-0.25, -0.2) is 5.43 Å².